The number of rotatable bonds is 4. The Balaban J connectivity index is 2.18. The summed E-state index contributed by atoms with van der Waals surface area (Å²) in [6.07, 6.45) is -0.663. The van der Waals surface area contributed by atoms with E-state index in [1.54, 1.807) is 0 Å². The van der Waals surface area contributed by atoms with Crippen LogP contribution < -0.4 is 11.2 Å². The molecule has 0 unspecified atom stereocenters. The molecular weight excluding hydrogens is 307 g/mol. The van der Waals surface area contributed by atoms with Gasteiger partial charge in [0.05, 0.1) is 19.1 Å². The Morgan fingerprint density at radius 2 is 2.24 bits per heavy atom. The van der Waals surface area contributed by atoms with Gasteiger partial charge in [-0.05, 0) is 6.92 Å². The number of hydrogen-bond donors (Lipinski definition) is 4. The van der Waals surface area contributed by atoms with Crippen LogP contribution in [-0.2, 0) is 19.9 Å². The van der Waals surface area contributed by atoms with Gasteiger partial charge in [-0.2, -0.15) is 0 Å². The minimum Gasteiger partial charge on any atom is -0.363 e. The highest BCUT2D eigenvalue weighted by Gasteiger charge is 2.42. The molecule has 4 N–H and O–H groups in total. The van der Waals surface area contributed by atoms with Crippen LogP contribution in [0.25, 0.3) is 0 Å². The molecule has 0 bridgehead atoms. The zero-order valence-corrected chi connectivity index (χ0v) is 11.9. The van der Waals surface area contributed by atoms with Gasteiger partial charge in [0, 0.05) is 11.8 Å². The predicted octanol–water partition coefficient (Wildman–Crippen LogP) is -1.61. The van der Waals surface area contributed by atoms with Gasteiger partial charge in [-0.15, -0.1) is 0 Å². The van der Waals surface area contributed by atoms with E-state index >= 15 is 0 Å². The van der Waals surface area contributed by atoms with Gasteiger partial charge in [0.1, 0.15) is 6.35 Å². The van der Waals surface area contributed by atoms with E-state index in [1.807, 2.05) is 4.98 Å². The molecule has 1 aromatic heterocycles. The fourth-order valence-electron chi connectivity index (χ4n) is 1.94. The molecule has 10 nitrogen and oxygen atoms in total. The lowest BCUT2D eigenvalue weighted by Crippen LogP contribution is -2.44. The molecule has 0 saturated carbocycles. The van der Waals surface area contributed by atoms with E-state index in [2.05, 4.69) is 0 Å². The summed E-state index contributed by atoms with van der Waals surface area (Å²) in [6, 6.07) is 0. The largest absolute Gasteiger partial charge is 0.363 e. The first-order chi connectivity index (χ1) is 9.61. The summed E-state index contributed by atoms with van der Waals surface area (Å²) in [5.41, 5.74) is -1.23. The molecule has 1 fully saturated rings. The molecule has 1 aliphatic heterocycles. The SMILES string of the molecule is Cc1cn([C@@]2(O)C[C@H](OCP(=O)(O)O)CO2)c(=O)[nH]c1=O. The van der Waals surface area contributed by atoms with E-state index in [1.165, 1.54) is 6.92 Å². The number of aromatic amines is 1. The van der Waals surface area contributed by atoms with Crippen LogP contribution in [0.2, 0.25) is 0 Å². The molecular formula is C10H15N2O8P. The lowest BCUT2D eigenvalue weighted by molar-refractivity contribution is -0.237. The molecule has 1 saturated heterocycles. The van der Waals surface area contributed by atoms with Crippen molar-refractivity contribution in [2.45, 2.75) is 25.4 Å². The smallest absolute Gasteiger partial charge is 0.350 e. The van der Waals surface area contributed by atoms with Crippen molar-refractivity contribution < 1.29 is 28.9 Å². The maximum Gasteiger partial charge on any atom is 0.350 e. The maximum atomic E-state index is 11.7. The first-order valence-corrected chi connectivity index (χ1v) is 7.76. The van der Waals surface area contributed by atoms with Crippen molar-refractivity contribution in [2.75, 3.05) is 13.0 Å². The fraction of sp³-hybridized carbons (Fsp3) is 0.600. The topological polar surface area (TPSA) is 151 Å². The summed E-state index contributed by atoms with van der Waals surface area (Å²) < 4.78 is 21.6. The molecule has 1 aromatic rings. The molecule has 0 amide bonds. The maximum absolute atomic E-state index is 11.7. The number of nitrogens with one attached hydrogen (secondary N) is 1. The minimum absolute atomic E-state index is 0.152. The highest BCUT2D eigenvalue weighted by molar-refractivity contribution is 7.51. The lowest BCUT2D eigenvalue weighted by atomic mass is 10.2. The molecule has 0 aliphatic carbocycles. The second-order valence-corrected chi connectivity index (χ2v) is 6.37. The number of nitrogens with zero attached hydrogens (tertiary/aromatic N) is 1. The van der Waals surface area contributed by atoms with E-state index in [0.717, 1.165) is 10.8 Å². The first-order valence-electron chi connectivity index (χ1n) is 5.96. The molecule has 21 heavy (non-hydrogen) atoms. The predicted molar refractivity (Wildman–Crippen MR) is 68.6 cm³/mol. The summed E-state index contributed by atoms with van der Waals surface area (Å²) in [4.78, 5) is 42.5. The van der Waals surface area contributed by atoms with Crippen molar-refractivity contribution in [3.8, 4) is 0 Å². The molecule has 2 rings (SSSR count). The molecule has 1 aliphatic rings. The van der Waals surface area contributed by atoms with Gasteiger partial charge in [0.2, 0.25) is 0 Å². The van der Waals surface area contributed by atoms with Gasteiger partial charge < -0.3 is 24.4 Å². The van der Waals surface area contributed by atoms with Crippen molar-refractivity contribution in [3.63, 3.8) is 0 Å². The van der Waals surface area contributed by atoms with Gasteiger partial charge in [0.25, 0.3) is 11.5 Å². The third-order valence-electron chi connectivity index (χ3n) is 2.97. The fourth-order valence-corrected chi connectivity index (χ4v) is 2.35. The minimum atomic E-state index is -4.33. The number of hydrogen-bond acceptors (Lipinski definition) is 6. The van der Waals surface area contributed by atoms with E-state index in [-0.39, 0.29) is 18.6 Å². The number of aromatic nitrogens is 2. The number of ether oxygens (including phenoxy) is 2. The molecule has 2 heterocycles. The molecule has 0 radical (unpaired) electrons. The number of aliphatic hydroxyl groups is 1. The third-order valence-corrected chi connectivity index (χ3v) is 3.45. The van der Waals surface area contributed by atoms with Crippen LogP contribution >= 0.6 is 7.60 Å². The first kappa shape index (κ1) is 16.1. The third kappa shape index (κ3) is 3.67. The molecule has 0 aromatic carbocycles. The number of H-pyrrole nitrogens is 1. The Morgan fingerprint density at radius 1 is 1.57 bits per heavy atom. The quantitative estimate of drug-likeness (QED) is 0.483. The zero-order chi connectivity index (χ0) is 15.8. The van der Waals surface area contributed by atoms with Gasteiger partial charge in [-0.3, -0.25) is 14.3 Å². The van der Waals surface area contributed by atoms with Crippen LogP contribution in [0.1, 0.15) is 12.0 Å². The van der Waals surface area contributed by atoms with Crippen LogP contribution in [0.4, 0.5) is 0 Å². The van der Waals surface area contributed by atoms with Crippen LogP contribution in [0, 0.1) is 6.92 Å². The van der Waals surface area contributed by atoms with Crippen molar-refractivity contribution in [1.29, 1.82) is 0 Å². The number of aryl methyl sites for hydroxylation is 1. The molecule has 0 spiro atoms. The van der Waals surface area contributed by atoms with Crippen LogP contribution in [0.3, 0.4) is 0 Å². The standard InChI is InChI=1S/C10H15N2O8P/c1-6-3-12(9(14)11-8(6)13)10(15)2-7(4-20-10)19-5-21(16,17)18/h3,7,15H,2,4-5H2,1H3,(H,11,13,14)(H2,16,17,18)/t7-,10+/m0/s1. The Bertz CT molecular complexity index is 691. The highest BCUT2D eigenvalue weighted by Crippen LogP contribution is 2.37. The zero-order valence-electron chi connectivity index (χ0n) is 11.1. The van der Waals surface area contributed by atoms with E-state index in [4.69, 9.17) is 19.3 Å². The normalized spacial score (nSPS) is 26.2. The van der Waals surface area contributed by atoms with Gasteiger partial charge in [-0.1, -0.05) is 0 Å². The van der Waals surface area contributed by atoms with Crippen molar-refractivity contribution >= 4 is 7.60 Å². The Kier molecular flexibility index (Phi) is 4.20. The van der Waals surface area contributed by atoms with Crippen molar-refractivity contribution in [1.82, 2.24) is 9.55 Å². The average molecular weight is 322 g/mol. The van der Waals surface area contributed by atoms with Crippen molar-refractivity contribution in [2.24, 2.45) is 0 Å². The second-order valence-electron chi connectivity index (χ2n) is 4.78. The average Bonchev–Trinajstić information content (AvgIpc) is 2.73. The summed E-state index contributed by atoms with van der Waals surface area (Å²) in [6.45, 7) is 1.30. The van der Waals surface area contributed by atoms with Crippen molar-refractivity contribution in [3.05, 3.63) is 32.6 Å². The Hall–Kier alpha value is -1.29. The van der Waals surface area contributed by atoms with Gasteiger partial charge in [0.15, 0.2) is 0 Å². The summed E-state index contributed by atoms with van der Waals surface area (Å²) in [7, 11) is -4.33. The second kappa shape index (κ2) is 5.48. The molecule has 11 heteroatoms. The van der Waals surface area contributed by atoms with E-state index in [9.17, 15) is 19.3 Å². The summed E-state index contributed by atoms with van der Waals surface area (Å²) in [5.74, 6) is -2.04. The Labute approximate surface area is 118 Å². The monoisotopic (exact) mass is 322 g/mol. The summed E-state index contributed by atoms with van der Waals surface area (Å²) >= 11 is 0. The van der Waals surface area contributed by atoms with Crippen LogP contribution in [0.5, 0.6) is 0 Å². The van der Waals surface area contributed by atoms with E-state index in [0.29, 0.717) is 0 Å². The Morgan fingerprint density at radius 3 is 2.86 bits per heavy atom. The molecule has 2 atom stereocenters. The lowest BCUT2D eigenvalue weighted by Gasteiger charge is -2.23. The highest BCUT2D eigenvalue weighted by atomic mass is 31.2. The van der Waals surface area contributed by atoms with Gasteiger partial charge >= 0.3 is 13.3 Å². The van der Waals surface area contributed by atoms with E-state index < -0.39 is 37.2 Å². The van der Waals surface area contributed by atoms with Crippen LogP contribution in [0.15, 0.2) is 15.8 Å². The molecule has 118 valence electrons. The summed E-state index contributed by atoms with van der Waals surface area (Å²) in [5, 5.41) is 10.3. The van der Waals surface area contributed by atoms with Gasteiger partial charge in [-0.25, -0.2) is 9.36 Å². The van der Waals surface area contributed by atoms with Crippen LogP contribution in [-0.4, -0.2) is 43.5 Å².